The van der Waals surface area contributed by atoms with Crippen LogP contribution in [0.4, 0.5) is 0 Å². The molecule has 0 aliphatic rings. The van der Waals surface area contributed by atoms with Gasteiger partial charge in [-0.15, -0.1) is 0 Å². The highest BCUT2D eigenvalue weighted by atomic mass is 16.3. The molecule has 0 saturated heterocycles. The molecule has 1 unspecified atom stereocenters. The molecule has 1 heteroatoms. The first-order valence-corrected chi connectivity index (χ1v) is 6.78. The number of aliphatic hydroxyl groups is 1. The number of hydrogen-bond acceptors (Lipinski definition) is 1. The van der Waals surface area contributed by atoms with Crippen molar-refractivity contribution in [2.75, 3.05) is 0 Å². The van der Waals surface area contributed by atoms with Gasteiger partial charge in [-0.1, -0.05) is 47.5 Å². The second-order valence-corrected chi connectivity index (χ2v) is 5.52. The summed E-state index contributed by atoms with van der Waals surface area (Å²) in [6.07, 6.45) is 0.244. The standard InChI is InChI=1S/C18H22O/c1-12-5-7-16(8-6-12)11-17(19)18-14(3)9-13(2)10-15(18)4/h5-10,17,19H,11H2,1-4H3. The first kappa shape index (κ1) is 13.8. The van der Waals surface area contributed by atoms with Crippen molar-refractivity contribution in [1.82, 2.24) is 0 Å². The molecule has 1 N–H and O–H groups in total. The van der Waals surface area contributed by atoms with E-state index >= 15 is 0 Å². The topological polar surface area (TPSA) is 20.2 Å². The third-order valence-electron chi connectivity index (χ3n) is 3.62. The van der Waals surface area contributed by atoms with E-state index in [1.807, 2.05) is 0 Å². The fourth-order valence-corrected chi connectivity index (χ4v) is 2.77. The quantitative estimate of drug-likeness (QED) is 0.870. The van der Waals surface area contributed by atoms with E-state index in [1.54, 1.807) is 0 Å². The lowest BCUT2D eigenvalue weighted by molar-refractivity contribution is 0.177. The van der Waals surface area contributed by atoms with Crippen molar-refractivity contribution in [1.29, 1.82) is 0 Å². The maximum Gasteiger partial charge on any atom is 0.0835 e. The van der Waals surface area contributed by atoms with Crippen LogP contribution in [0, 0.1) is 27.7 Å². The second-order valence-electron chi connectivity index (χ2n) is 5.52. The van der Waals surface area contributed by atoms with E-state index in [2.05, 4.69) is 64.1 Å². The molecule has 0 bridgehead atoms. The highest BCUT2D eigenvalue weighted by Crippen LogP contribution is 2.26. The third-order valence-corrected chi connectivity index (χ3v) is 3.62. The first-order valence-electron chi connectivity index (χ1n) is 6.78. The van der Waals surface area contributed by atoms with Gasteiger partial charge in [0.1, 0.15) is 0 Å². The van der Waals surface area contributed by atoms with E-state index in [0.29, 0.717) is 6.42 Å². The zero-order valence-electron chi connectivity index (χ0n) is 12.2. The van der Waals surface area contributed by atoms with E-state index in [9.17, 15) is 5.11 Å². The van der Waals surface area contributed by atoms with Crippen molar-refractivity contribution in [3.8, 4) is 0 Å². The fraction of sp³-hybridized carbons (Fsp3) is 0.333. The van der Waals surface area contributed by atoms with Crippen molar-refractivity contribution in [3.05, 3.63) is 69.8 Å². The maximum atomic E-state index is 10.5. The molecule has 19 heavy (non-hydrogen) atoms. The van der Waals surface area contributed by atoms with E-state index in [4.69, 9.17) is 0 Å². The summed E-state index contributed by atoms with van der Waals surface area (Å²) in [5.41, 5.74) is 7.11. The van der Waals surface area contributed by atoms with Gasteiger partial charge in [0.15, 0.2) is 0 Å². The largest absolute Gasteiger partial charge is 0.388 e. The van der Waals surface area contributed by atoms with Crippen molar-refractivity contribution < 1.29 is 5.11 Å². The molecule has 0 heterocycles. The monoisotopic (exact) mass is 254 g/mol. The average Bonchev–Trinajstić information content (AvgIpc) is 2.30. The lowest BCUT2D eigenvalue weighted by atomic mass is 9.92. The highest BCUT2D eigenvalue weighted by molar-refractivity contribution is 5.39. The molecule has 100 valence electrons. The lowest BCUT2D eigenvalue weighted by Crippen LogP contribution is -2.06. The molecule has 0 aliphatic heterocycles. The van der Waals surface area contributed by atoms with Gasteiger partial charge in [-0.05, 0) is 49.9 Å². The Morgan fingerprint density at radius 3 is 1.89 bits per heavy atom. The van der Waals surface area contributed by atoms with Gasteiger partial charge >= 0.3 is 0 Å². The normalized spacial score (nSPS) is 12.5. The molecule has 0 amide bonds. The number of benzene rings is 2. The summed E-state index contributed by atoms with van der Waals surface area (Å²) >= 11 is 0. The van der Waals surface area contributed by atoms with Gasteiger partial charge in [0.05, 0.1) is 6.10 Å². The average molecular weight is 254 g/mol. The Balaban J connectivity index is 2.25. The molecule has 0 saturated carbocycles. The molecule has 2 aromatic rings. The molecule has 0 fully saturated rings. The number of aliphatic hydroxyl groups excluding tert-OH is 1. The van der Waals surface area contributed by atoms with Gasteiger partial charge < -0.3 is 5.11 Å². The van der Waals surface area contributed by atoms with Crippen LogP contribution in [0.15, 0.2) is 36.4 Å². The molecular formula is C18H22O. The Kier molecular flexibility index (Phi) is 4.06. The number of aryl methyl sites for hydroxylation is 4. The van der Waals surface area contributed by atoms with Crippen molar-refractivity contribution in [2.45, 2.75) is 40.2 Å². The molecule has 2 rings (SSSR count). The zero-order valence-corrected chi connectivity index (χ0v) is 12.2. The third kappa shape index (κ3) is 3.24. The van der Waals surface area contributed by atoms with Crippen LogP contribution < -0.4 is 0 Å². The Hall–Kier alpha value is -1.60. The van der Waals surface area contributed by atoms with Gasteiger partial charge in [-0.25, -0.2) is 0 Å². The molecule has 0 aliphatic carbocycles. The van der Waals surface area contributed by atoms with E-state index in [-0.39, 0.29) is 0 Å². The summed E-state index contributed by atoms with van der Waals surface area (Å²) in [4.78, 5) is 0. The summed E-state index contributed by atoms with van der Waals surface area (Å²) in [6, 6.07) is 12.7. The molecule has 0 aromatic heterocycles. The Bertz CT molecular complexity index is 544. The van der Waals surface area contributed by atoms with Crippen LogP contribution in [0.2, 0.25) is 0 Å². The predicted molar refractivity (Wildman–Crippen MR) is 80.5 cm³/mol. The minimum atomic E-state index is -0.427. The minimum absolute atomic E-state index is 0.427. The zero-order chi connectivity index (χ0) is 14.0. The van der Waals surface area contributed by atoms with Gasteiger partial charge in [0, 0.05) is 6.42 Å². The highest BCUT2D eigenvalue weighted by Gasteiger charge is 2.14. The summed E-state index contributed by atoms with van der Waals surface area (Å²) in [7, 11) is 0. The minimum Gasteiger partial charge on any atom is -0.388 e. The van der Waals surface area contributed by atoms with E-state index in [0.717, 1.165) is 5.56 Å². The summed E-state index contributed by atoms with van der Waals surface area (Å²) in [6.45, 7) is 8.33. The summed E-state index contributed by atoms with van der Waals surface area (Å²) < 4.78 is 0. The molecule has 0 spiro atoms. The smallest absolute Gasteiger partial charge is 0.0835 e. The van der Waals surface area contributed by atoms with Crippen LogP contribution in [0.5, 0.6) is 0 Å². The second kappa shape index (κ2) is 5.58. The molecule has 1 atom stereocenters. The van der Waals surface area contributed by atoms with Crippen molar-refractivity contribution in [2.24, 2.45) is 0 Å². The maximum absolute atomic E-state index is 10.5. The van der Waals surface area contributed by atoms with Crippen molar-refractivity contribution >= 4 is 0 Å². The van der Waals surface area contributed by atoms with Gasteiger partial charge in [-0.2, -0.15) is 0 Å². The number of hydrogen-bond donors (Lipinski definition) is 1. The first-order chi connectivity index (χ1) is 8.97. The Labute approximate surface area is 115 Å². The predicted octanol–water partition coefficient (Wildman–Crippen LogP) is 4.20. The van der Waals surface area contributed by atoms with E-state index in [1.165, 1.54) is 27.8 Å². The Morgan fingerprint density at radius 2 is 1.37 bits per heavy atom. The van der Waals surface area contributed by atoms with Crippen LogP contribution in [0.25, 0.3) is 0 Å². The van der Waals surface area contributed by atoms with Crippen LogP contribution in [0.1, 0.15) is 39.5 Å². The summed E-state index contributed by atoms with van der Waals surface area (Å²) in [5, 5.41) is 10.5. The van der Waals surface area contributed by atoms with Gasteiger partial charge in [0.25, 0.3) is 0 Å². The lowest BCUT2D eigenvalue weighted by Gasteiger charge is -2.17. The van der Waals surface area contributed by atoms with Crippen LogP contribution in [0.3, 0.4) is 0 Å². The van der Waals surface area contributed by atoms with Gasteiger partial charge in [-0.3, -0.25) is 0 Å². The van der Waals surface area contributed by atoms with E-state index < -0.39 is 6.10 Å². The SMILES string of the molecule is Cc1ccc(CC(O)c2c(C)cc(C)cc2C)cc1. The van der Waals surface area contributed by atoms with Crippen LogP contribution >= 0.6 is 0 Å². The van der Waals surface area contributed by atoms with Gasteiger partial charge in [0.2, 0.25) is 0 Å². The molecule has 2 aromatic carbocycles. The van der Waals surface area contributed by atoms with Crippen LogP contribution in [-0.2, 0) is 6.42 Å². The molecular weight excluding hydrogens is 232 g/mol. The molecule has 0 radical (unpaired) electrons. The molecule has 1 nitrogen and oxygen atoms in total. The fourth-order valence-electron chi connectivity index (χ4n) is 2.77. The van der Waals surface area contributed by atoms with Crippen LogP contribution in [-0.4, -0.2) is 5.11 Å². The Morgan fingerprint density at radius 1 is 0.842 bits per heavy atom. The summed E-state index contributed by atoms with van der Waals surface area (Å²) in [5.74, 6) is 0. The van der Waals surface area contributed by atoms with Crippen molar-refractivity contribution in [3.63, 3.8) is 0 Å². The number of rotatable bonds is 3.